The molecule has 1 heterocycles. The van der Waals surface area contributed by atoms with Crippen LogP contribution in [0, 0.1) is 11.8 Å². The van der Waals surface area contributed by atoms with Gasteiger partial charge in [0.25, 0.3) is 0 Å². The quantitative estimate of drug-likeness (QED) is 0.208. The number of thioether (sulfide) groups is 1. The molecule has 1 rings (SSSR count). The van der Waals surface area contributed by atoms with Crippen LogP contribution in [0.4, 0.5) is 0 Å². The Morgan fingerprint density at radius 1 is 1.04 bits per heavy atom. The van der Waals surface area contributed by atoms with E-state index in [1.165, 1.54) is 12.8 Å². The van der Waals surface area contributed by atoms with Crippen molar-refractivity contribution in [2.75, 3.05) is 37.7 Å². The third-order valence-electron chi connectivity index (χ3n) is 5.79. The Morgan fingerprint density at radius 3 is 2.29 bits per heavy atom. The second-order valence-electron chi connectivity index (χ2n) is 8.23. The minimum Gasteiger partial charge on any atom is -0.340 e. The molecule has 5 heteroatoms. The molecule has 0 aromatic carbocycles. The lowest BCUT2D eigenvalue weighted by Gasteiger charge is -2.38. The lowest BCUT2D eigenvalue weighted by atomic mass is 10.0. The largest absolute Gasteiger partial charge is 0.340 e. The summed E-state index contributed by atoms with van der Waals surface area (Å²) in [6, 6.07) is 0.585. The van der Waals surface area contributed by atoms with Crippen LogP contribution in [-0.2, 0) is 4.79 Å². The van der Waals surface area contributed by atoms with Crippen LogP contribution in [0.5, 0.6) is 0 Å². The molecule has 162 valence electrons. The predicted molar refractivity (Wildman–Crippen MR) is 126 cm³/mol. The van der Waals surface area contributed by atoms with Gasteiger partial charge in [-0.1, -0.05) is 19.1 Å². The summed E-state index contributed by atoms with van der Waals surface area (Å²) in [5.41, 5.74) is 0. The van der Waals surface area contributed by atoms with Gasteiger partial charge in [-0.05, 0) is 57.1 Å². The van der Waals surface area contributed by atoms with Crippen LogP contribution in [0.2, 0.25) is 0 Å². The van der Waals surface area contributed by atoms with Crippen molar-refractivity contribution in [2.24, 2.45) is 11.8 Å². The van der Waals surface area contributed by atoms with Crippen molar-refractivity contribution in [2.45, 2.75) is 64.3 Å². The van der Waals surface area contributed by atoms with Gasteiger partial charge in [0.2, 0.25) is 5.91 Å². The zero-order chi connectivity index (χ0) is 20.9. The van der Waals surface area contributed by atoms with E-state index in [9.17, 15) is 4.79 Å². The third-order valence-corrected chi connectivity index (χ3v) is 7.17. The smallest absolute Gasteiger partial charge is 0.223 e. The first-order valence-corrected chi connectivity index (χ1v) is 12.4. The fraction of sp³-hybridized carbons (Fsp3) is 0.783. The SMILES string of the molecule is C=CC(CCC(C)Cl)CSCCC(=O)N1CCN(C(C)CC[C@H](C)C=C)CC1. The lowest BCUT2D eigenvalue weighted by Crippen LogP contribution is -2.51. The number of rotatable bonds is 14. The fourth-order valence-electron chi connectivity index (χ4n) is 3.48. The van der Waals surface area contributed by atoms with E-state index in [4.69, 9.17) is 11.6 Å². The monoisotopic (exact) mass is 428 g/mol. The van der Waals surface area contributed by atoms with Crippen molar-refractivity contribution in [1.29, 1.82) is 0 Å². The predicted octanol–water partition coefficient (Wildman–Crippen LogP) is 5.45. The number of carbonyl (C=O) groups excluding carboxylic acids is 1. The van der Waals surface area contributed by atoms with Crippen LogP contribution in [-0.4, -0.2) is 64.8 Å². The average Bonchev–Trinajstić information content (AvgIpc) is 2.70. The second kappa shape index (κ2) is 14.5. The van der Waals surface area contributed by atoms with E-state index >= 15 is 0 Å². The first-order chi connectivity index (χ1) is 13.4. The van der Waals surface area contributed by atoms with Gasteiger partial charge in [-0.2, -0.15) is 11.8 Å². The average molecular weight is 429 g/mol. The Kier molecular flexibility index (Phi) is 13.3. The number of hydrogen-bond acceptors (Lipinski definition) is 3. The van der Waals surface area contributed by atoms with Crippen molar-refractivity contribution >= 4 is 29.3 Å². The molecule has 4 atom stereocenters. The highest BCUT2D eigenvalue weighted by molar-refractivity contribution is 7.99. The number of halogens is 1. The maximum Gasteiger partial charge on any atom is 0.223 e. The molecule has 1 aliphatic rings. The summed E-state index contributed by atoms with van der Waals surface area (Å²) < 4.78 is 0. The van der Waals surface area contributed by atoms with Crippen LogP contribution >= 0.6 is 23.4 Å². The summed E-state index contributed by atoms with van der Waals surface area (Å²) in [5, 5.41) is 0.223. The fourth-order valence-corrected chi connectivity index (χ4v) is 4.70. The highest BCUT2D eigenvalue weighted by atomic mass is 35.5. The van der Waals surface area contributed by atoms with Gasteiger partial charge in [-0.25, -0.2) is 0 Å². The van der Waals surface area contributed by atoms with Crippen molar-refractivity contribution in [3.05, 3.63) is 25.3 Å². The summed E-state index contributed by atoms with van der Waals surface area (Å²) in [6.45, 7) is 18.1. The molecule has 1 amide bonds. The second-order valence-corrected chi connectivity index (χ2v) is 10.1. The van der Waals surface area contributed by atoms with E-state index < -0.39 is 0 Å². The first-order valence-electron chi connectivity index (χ1n) is 10.9. The van der Waals surface area contributed by atoms with Gasteiger partial charge in [-0.3, -0.25) is 9.69 Å². The highest BCUT2D eigenvalue weighted by Gasteiger charge is 2.23. The molecule has 3 nitrogen and oxygen atoms in total. The molecule has 0 N–H and O–H groups in total. The van der Waals surface area contributed by atoms with Crippen LogP contribution in [0.1, 0.15) is 52.9 Å². The lowest BCUT2D eigenvalue weighted by molar-refractivity contribution is -0.132. The summed E-state index contributed by atoms with van der Waals surface area (Å²) in [7, 11) is 0. The molecule has 0 aliphatic carbocycles. The van der Waals surface area contributed by atoms with Gasteiger partial charge in [0.1, 0.15) is 0 Å². The van der Waals surface area contributed by atoms with E-state index in [0.29, 0.717) is 30.2 Å². The number of alkyl halides is 1. The number of amides is 1. The molecule has 1 saturated heterocycles. The minimum atomic E-state index is 0.223. The summed E-state index contributed by atoms with van der Waals surface area (Å²) >= 11 is 7.90. The van der Waals surface area contributed by atoms with Crippen LogP contribution in [0.15, 0.2) is 25.3 Å². The molecule has 28 heavy (non-hydrogen) atoms. The van der Waals surface area contributed by atoms with Crippen LogP contribution in [0.25, 0.3) is 0 Å². The van der Waals surface area contributed by atoms with E-state index in [0.717, 1.165) is 50.5 Å². The highest BCUT2D eigenvalue weighted by Crippen LogP contribution is 2.19. The van der Waals surface area contributed by atoms with E-state index in [-0.39, 0.29) is 5.38 Å². The zero-order valence-electron chi connectivity index (χ0n) is 18.2. The number of piperazine rings is 1. The molecule has 1 aliphatic heterocycles. The molecular weight excluding hydrogens is 388 g/mol. The van der Waals surface area contributed by atoms with Crippen molar-refractivity contribution in [1.82, 2.24) is 9.80 Å². The standard InChI is InChI=1S/C23H41ClN2OS/c1-6-19(3)8-10-21(5)25-13-15-26(16-14-25)23(27)12-17-28-18-22(7-2)11-9-20(4)24/h6-7,19-22H,1-2,8-18H2,3-5H3/t19-,20?,21?,22?/m1/s1. The van der Waals surface area contributed by atoms with Gasteiger partial charge >= 0.3 is 0 Å². The third kappa shape index (κ3) is 10.4. The topological polar surface area (TPSA) is 23.6 Å². The summed E-state index contributed by atoms with van der Waals surface area (Å²) in [4.78, 5) is 17.1. The molecule has 0 aromatic rings. The zero-order valence-corrected chi connectivity index (χ0v) is 19.8. The van der Waals surface area contributed by atoms with Gasteiger partial charge in [0.15, 0.2) is 0 Å². The molecule has 3 unspecified atom stereocenters. The van der Waals surface area contributed by atoms with Crippen molar-refractivity contribution < 1.29 is 4.79 Å². The van der Waals surface area contributed by atoms with Crippen LogP contribution in [0.3, 0.4) is 0 Å². The van der Waals surface area contributed by atoms with Crippen LogP contribution < -0.4 is 0 Å². The van der Waals surface area contributed by atoms with Gasteiger partial charge in [0, 0.05) is 49.8 Å². The Labute approximate surface area is 182 Å². The molecule has 0 spiro atoms. The Morgan fingerprint density at radius 2 is 1.71 bits per heavy atom. The van der Waals surface area contributed by atoms with Crippen molar-refractivity contribution in [3.63, 3.8) is 0 Å². The van der Waals surface area contributed by atoms with Gasteiger partial charge < -0.3 is 4.90 Å². The van der Waals surface area contributed by atoms with E-state index in [1.807, 2.05) is 30.8 Å². The van der Waals surface area contributed by atoms with E-state index in [1.54, 1.807) is 0 Å². The first kappa shape index (κ1) is 25.6. The summed E-state index contributed by atoms with van der Waals surface area (Å²) in [6.07, 6.45) is 9.21. The Balaban J connectivity index is 2.20. The normalized spacial score (nSPS) is 19.6. The molecule has 0 saturated carbocycles. The number of allylic oxidation sites excluding steroid dienone is 2. The molecule has 1 fully saturated rings. The minimum absolute atomic E-state index is 0.223. The summed E-state index contributed by atoms with van der Waals surface area (Å²) in [5.74, 6) is 3.33. The number of hydrogen-bond donors (Lipinski definition) is 0. The van der Waals surface area contributed by atoms with E-state index in [2.05, 4.69) is 36.8 Å². The maximum atomic E-state index is 12.5. The molecular formula is C23H41ClN2OS. The number of carbonyl (C=O) groups is 1. The molecule has 0 aromatic heterocycles. The van der Waals surface area contributed by atoms with Crippen molar-refractivity contribution in [3.8, 4) is 0 Å². The van der Waals surface area contributed by atoms with Gasteiger partial charge in [-0.15, -0.1) is 24.8 Å². The maximum absolute atomic E-state index is 12.5. The number of nitrogens with zero attached hydrogens (tertiary/aromatic N) is 2. The molecule has 0 radical (unpaired) electrons. The Bertz CT molecular complexity index is 464. The Hall–Kier alpha value is -0.450. The van der Waals surface area contributed by atoms with Gasteiger partial charge in [0.05, 0.1) is 0 Å². The molecule has 0 bridgehead atoms.